The zero-order chi connectivity index (χ0) is 21.7. The predicted molar refractivity (Wildman–Crippen MR) is 107 cm³/mol. The number of nitro groups is 1. The van der Waals surface area contributed by atoms with Gasteiger partial charge in [0.2, 0.25) is 6.23 Å². The minimum Gasteiger partial charge on any atom is -0.497 e. The number of ketones is 1. The highest BCUT2D eigenvalue weighted by atomic mass is 19.1. The van der Waals surface area contributed by atoms with Gasteiger partial charge in [0.1, 0.15) is 17.3 Å². The molecule has 0 aromatic heterocycles. The van der Waals surface area contributed by atoms with Gasteiger partial charge in [0.25, 0.3) is 0 Å². The van der Waals surface area contributed by atoms with Gasteiger partial charge in [-0.3, -0.25) is 14.9 Å². The van der Waals surface area contributed by atoms with E-state index in [1.807, 2.05) is 29.2 Å². The molecule has 3 heterocycles. The number of rotatable bonds is 4. The molecule has 1 saturated heterocycles. The van der Waals surface area contributed by atoms with Crippen molar-refractivity contribution in [3.63, 3.8) is 0 Å². The topological polar surface area (TPSA) is 85.1 Å². The second-order valence-electron chi connectivity index (χ2n) is 7.47. The molecule has 2 aromatic rings. The van der Waals surface area contributed by atoms with Gasteiger partial charge in [-0.2, -0.15) is 0 Å². The number of ether oxygens (including phenoxy) is 2. The number of halogens is 1. The van der Waals surface area contributed by atoms with Crippen LogP contribution in [0.25, 0.3) is 0 Å². The van der Waals surface area contributed by atoms with Crippen molar-refractivity contribution in [3.05, 3.63) is 92.7 Å². The van der Waals surface area contributed by atoms with Crippen molar-refractivity contribution < 1.29 is 23.6 Å². The molecule has 0 radical (unpaired) electrons. The van der Waals surface area contributed by atoms with E-state index in [2.05, 4.69) is 0 Å². The van der Waals surface area contributed by atoms with Crippen molar-refractivity contribution in [1.82, 2.24) is 9.80 Å². The lowest BCUT2D eigenvalue weighted by molar-refractivity contribution is -0.423. The van der Waals surface area contributed by atoms with E-state index in [9.17, 15) is 19.3 Å². The maximum Gasteiger partial charge on any atom is 0.310 e. The summed E-state index contributed by atoms with van der Waals surface area (Å²) in [5.74, 6) is 0.381. The van der Waals surface area contributed by atoms with Gasteiger partial charge in [0, 0.05) is 25.7 Å². The molecule has 0 aliphatic carbocycles. The second kappa shape index (κ2) is 7.12. The minimum absolute atomic E-state index is 0.0722. The molecule has 9 heteroatoms. The van der Waals surface area contributed by atoms with Crippen molar-refractivity contribution in [2.24, 2.45) is 0 Å². The molecule has 0 bridgehead atoms. The molecule has 3 aliphatic rings. The van der Waals surface area contributed by atoms with Crippen molar-refractivity contribution in [2.75, 3.05) is 20.2 Å². The van der Waals surface area contributed by atoms with Gasteiger partial charge in [-0.15, -0.1) is 0 Å². The molecule has 5 rings (SSSR count). The Morgan fingerprint density at radius 3 is 2.71 bits per heavy atom. The van der Waals surface area contributed by atoms with E-state index in [4.69, 9.17) is 9.47 Å². The van der Waals surface area contributed by atoms with Gasteiger partial charge >= 0.3 is 5.70 Å². The van der Waals surface area contributed by atoms with E-state index in [0.29, 0.717) is 25.5 Å². The Morgan fingerprint density at radius 2 is 2.00 bits per heavy atom. The van der Waals surface area contributed by atoms with E-state index in [0.717, 1.165) is 17.4 Å². The molecule has 0 saturated carbocycles. The fourth-order valence-electron chi connectivity index (χ4n) is 4.21. The van der Waals surface area contributed by atoms with Gasteiger partial charge in [-0.05, 0) is 35.9 Å². The summed E-state index contributed by atoms with van der Waals surface area (Å²) in [6.45, 7) is 1.44. The van der Waals surface area contributed by atoms with Crippen molar-refractivity contribution in [1.29, 1.82) is 0 Å². The van der Waals surface area contributed by atoms with Crippen molar-refractivity contribution in [2.45, 2.75) is 12.8 Å². The van der Waals surface area contributed by atoms with Crippen LogP contribution in [0.2, 0.25) is 0 Å². The number of carbonyl (C=O) groups excluding carboxylic acids is 1. The summed E-state index contributed by atoms with van der Waals surface area (Å²) in [5.41, 5.74) is 1.01. The SMILES string of the molecule is COc1ccc(CN2CCN3C2=C([N+](=O)[O-])C=C2C(=O)c4cc(F)ccc4OC23)cc1. The highest BCUT2D eigenvalue weighted by molar-refractivity contribution is 6.12. The number of hydrogen-bond acceptors (Lipinski definition) is 7. The van der Waals surface area contributed by atoms with Crippen LogP contribution in [-0.2, 0) is 6.54 Å². The van der Waals surface area contributed by atoms with Gasteiger partial charge in [0.05, 0.1) is 23.2 Å². The van der Waals surface area contributed by atoms with Crippen LogP contribution in [0.5, 0.6) is 11.5 Å². The molecule has 0 spiro atoms. The number of nitrogens with zero attached hydrogens (tertiary/aromatic N) is 3. The Labute approximate surface area is 176 Å². The third-order valence-electron chi connectivity index (χ3n) is 5.67. The Morgan fingerprint density at radius 1 is 1.23 bits per heavy atom. The molecule has 8 nitrogen and oxygen atoms in total. The van der Waals surface area contributed by atoms with Crippen LogP contribution in [0.3, 0.4) is 0 Å². The normalized spacial score (nSPS) is 19.4. The molecule has 31 heavy (non-hydrogen) atoms. The Bertz CT molecular complexity index is 1160. The molecular weight excluding hydrogens is 405 g/mol. The first kappa shape index (κ1) is 19.1. The predicted octanol–water partition coefficient (Wildman–Crippen LogP) is 2.94. The number of carbonyl (C=O) groups is 1. The lowest BCUT2D eigenvalue weighted by atomic mass is 9.95. The number of methoxy groups -OCH3 is 1. The van der Waals surface area contributed by atoms with Crippen molar-refractivity contribution >= 4 is 5.78 Å². The van der Waals surface area contributed by atoms with Gasteiger partial charge in [-0.1, -0.05) is 12.1 Å². The average molecular weight is 423 g/mol. The van der Waals surface area contributed by atoms with Crippen LogP contribution in [0, 0.1) is 15.9 Å². The monoisotopic (exact) mass is 423 g/mol. The Kier molecular flexibility index (Phi) is 4.39. The van der Waals surface area contributed by atoms with Crippen molar-refractivity contribution in [3.8, 4) is 11.5 Å². The minimum atomic E-state index is -0.787. The molecule has 0 amide bonds. The molecule has 3 aliphatic heterocycles. The average Bonchev–Trinajstić information content (AvgIpc) is 3.18. The highest BCUT2D eigenvalue weighted by Crippen LogP contribution is 2.40. The summed E-state index contributed by atoms with van der Waals surface area (Å²) in [5, 5.41) is 11.9. The molecule has 2 aromatic carbocycles. The number of Topliss-reactive ketones (excluding diaryl/α,β-unsaturated/α-hetero) is 1. The smallest absolute Gasteiger partial charge is 0.310 e. The quantitative estimate of drug-likeness (QED) is 0.552. The van der Waals surface area contributed by atoms with Crippen LogP contribution in [0.1, 0.15) is 15.9 Å². The zero-order valence-corrected chi connectivity index (χ0v) is 16.6. The molecular formula is C22H18FN3O5. The molecule has 1 atom stereocenters. The van der Waals surface area contributed by atoms with Gasteiger partial charge in [-0.25, -0.2) is 4.39 Å². The van der Waals surface area contributed by atoms with Crippen LogP contribution in [0.15, 0.2) is 65.6 Å². The van der Waals surface area contributed by atoms with E-state index in [-0.39, 0.29) is 22.6 Å². The summed E-state index contributed by atoms with van der Waals surface area (Å²) in [6.07, 6.45) is 0.476. The largest absolute Gasteiger partial charge is 0.497 e. The van der Waals surface area contributed by atoms with Crippen LogP contribution in [0.4, 0.5) is 4.39 Å². The van der Waals surface area contributed by atoms with Crippen LogP contribution in [-0.4, -0.2) is 46.9 Å². The van der Waals surface area contributed by atoms with Gasteiger partial charge < -0.3 is 19.3 Å². The third-order valence-corrected chi connectivity index (χ3v) is 5.67. The van der Waals surface area contributed by atoms with E-state index >= 15 is 0 Å². The lowest BCUT2D eigenvalue weighted by Gasteiger charge is -2.37. The maximum atomic E-state index is 13.6. The maximum absolute atomic E-state index is 13.6. The summed E-state index contributed by atoms with van der Waals surface area (Å²) < 4.78 is 24.8. The fraction of sp³-hybridized carbons (Fsp3) is 0.227. The van der Waals surface area contributed by atoms with E-state index in [1.165, 1.54) is 18.2 Å². The first-order valence-electron chi connectivity index (χ1n) is 9.72. The second-order valence-corrected chi connectivity index (χ2v) is 7.47. The summed E-state index contributed by atoms with van der Waals surface area (Å²) in [6, 6.07) is 11.2. The standard InChI is InChI=1S/C22H18FN3O5/c1-30-15-5-2-13(3-6-15)12-24-8-9-25-21(24)18(26(28)29)11-17-20(27)16-10-14(23)4-7-19(16)31-22(17)25/h2-7,10-11,22H,8-9,12H2,1H3. The summed E-state index contributed by atoms with van der Waals surface area (Å²) in [4.78, 5) is 28.0. The molecule has 1 fully saturated rings. The molecule has 158 valence electrons. The van der Waals surface area contributed by atoms with Crippen LogP contribution >= 0.6 is 0 Å². The number of benzene rings is 2. The summed E-state index contributed by atoms with van der Waals surface area (Å²) >= 11 is 0. The number of fused-ring (bicyclic) bond motifs is 4. The first-order valence-corrected chi connectivity index (χ1v) is 9.72. The van der Waals surface area contributed by atoms with E-state index in [1.54, 1.807) is 12.0 Å². The lowest BCUT2D eigenvalue weighted by Crippen LogP contribution is -2.46. The molecule has 0 N–H and O–H groups in total. The molecule has 1 unspecified atom stereocenters. The third kappa shape index (κ3) is 3.09. The Balaban J connectivity index is 1.53. The fourth-order valence-corrected chi connectivity index (χ4v) is 4.21. The first-order chi connectivity index (χ1) is 15.0. The summed E-state index contributed by atoms with van der Waals surface area (Å²) in [7, 11) is 1.59. The van der Waals surface area contributed by atoms with E-state index < -0.39 is 22.8 Å². The Hall–Kier alpha value is -3.88. The zero-order valence-electron chi connectivity index (χ0n) is 16.6. The van der Waals surface area contributed by atoms with Crippen LogP contribution < -0.4 is 9.47 Å². The number of hydrogen-bond donors (Lipinski definition) is 0. The highest BCUT2D eigenvalue weighted by Gasteiger charge is 2.47. The van der Waals surface area contributed by atoms with Gasteiger partial charge in [0.15, 0.2) is 11.6 Å². The number of allylic oxidation sites excluding steroid dienone is 1.